The third kappa shape index (κ3) is 3.28. The largest absolute Gasteiger partial charge is 0.478 e. The van der Waals surface area contributed by atoms with Crippen molar-refractivity contribution in [3.63, 3.8) is 0 Å². The zero-order valence-corrected chi connectivity index (χ0v) is 10.3. The molecule has 0 aliphatic heterocycles. The minimum Gasteiger partial charge on any atom is -0.478 e. The molecule has 2 aromatic rings. The molecular formula is C14H13FN2O2. The minimum absolute atomic E-state index is 0.126. The molecule has 1 atom stereocenters. The van der Waals surface area contributed by atoms with Gasteiger partial charge >= 0.3 is 5.97 Å². The summed E-state index contributed by atoms with van der Waals surface area (Å²) in [5.74, 6) is -0.765. The molecule has 0 aliphatic rings. The Bertz CT molecular complexity index is 584. The molecule has 0 bridgehead atoms. The molecule has 0 amide bonds. The van der Waals surface area contributed by atoms with Gasteiger partial charge in [0.2, 0.25) is 0 Å². The van der Waals surface area contributed by atoms with Crippen molar-refractivity contribution in [1.82, 2.24) is 4.98 Å². The smallest absolute Gasteiger partial charge is 0.337 e. The molecule has 0 radical (unpaired) electrons. The number of carbonyl (C=O) groups is 1. The summed E-state index contributed by atoms with van der Waals surface area (Å²) in [6.45, 7) is 1.88. The average molecular weight is 260 g/mol. The summed E-state index contributed by atoms with van der Waals surface area (Å²) in [5, 5.41) is 11.8. The Balaban J connectivity index is 2.10. The van der Waals surface area contributed by atoms with Crippen molar-refractivity contribution < 1.29 is 14.3 Å². The van der Waals surface area contributed by atoms with Gasteiger partial charge in [-0.15, -0.1) is 0 Å². The minimum atomic E-state index is -1.02. The van der Waals surface area contributed by atoms with Crippen LogP contribution in [-0.4, -0.2) is 16.1 Å². The van der Waals surface area contributed by atoms with Gasteiger partial charge in [-0.1, -0.05) is 12.1 Å². The lowest BCUT2D eigenvalue weighted by Crippen LogP contribution is -2.08. The first kappa shape index (κ1) is 13.0. The van der Waals surface area contributed by atoms with E-state index in [1.54, 1.807) is 12.1 Å². The normalized spacial score (nSPS) is 11.9. The molecule has 2 N–H and O–H groups in total. The van der Waals surface area contributed by atoms with Crippen LogP contribution in [0.3, 0.4) is 0 Å². The van der Waals surface area contributed by atoms with Gasteiger partial charge in [-0.05, 0) is 36.8 Å². The highest BCUT2D eigenvalue weighted by Crippen LogP contribution is 2.18. The molecule has 5 heteroatoms. The highest BCUT2D eigenvalue weighted by atomic mass is 19.1. The molecule has 0 fully saturated rings. The zero-order chi connectivity index (χ0) is 13.8. The topological polar surface area (TPSA) is 62.2 Å². The lowest BCUT2D eigenvalue weighted by Gasteiger charge is -2.15. The van der Waals surface area contributed by atoms with Crippen molar-refractivity contribution in [2.24, 2.45) is 0 Å². The van der Waals surface area contributed by atoms with Crippen molar-refractivity contribution in [2.75, 3.05) is 5.32 Å². The summed E-state index contributed by atoms with van der Waals surface area (Å²) in [4.78, 5) is 14.7. The van der Waals surface area contributed by atoms with Crippen LogP contribution < -0.4 is 5.32 Å². The van der Waals surface area contributed by atoms with Crippen molar-refractivity contribution in [3.8, 4) is 0 Å². The average Bonchev–Trinajstić information content (AvgIpc) is 2.39. The van der Waals surface area contributed by atoms with E-state index in [0.29, 0.717) is 5.82 Å². The van der Waals surface area contributed by atoms with E-state index in [1.165, 1.54) is 24.4 Å². The Morgan fingerprint density at radius 3 is 2.74 bits per heavy atom. The third-order valence-electron chi connectivity index (χ3n) is 2.72. The molecule has 1 aromatic heterocycles. The molecular weight excluding hydrogens is 247 g/mol. The molecule has 19 heavy (non-hydrogen) atoms. The Labute approximate surface area is 109 Å². The zero-order valence-electron chi connectivity index (χ0n) is 10.3. The Morgan fingerprint density at radius 2 is 2.16 bits per heavy atom. The number of pyridine rings is 1. The number of aromatic nitrogens is 1. The first-order valence-electron chi connectivity index (χ1n) is 5.77. The van der Waals surface area contributed by atoms with E-state index < -0.39 is 5.97 Å². The van der Waals surface area contributed by atoms with Crippen molar-refractivity contribution in [2.45, 2.75) is 13.0 Å². The number of hydrogen-bond donors (Lipinski definition) is 2. The lowest BCUT2D eigenvalue weighted by atomic mass is 10.1. The first-order chi connectivity index (χ1) is 9.06. The summed E-state index contributed by atoms with van der Waals surface area (Å²) in [7, 11) is 0. The molecule has 98 valence electrons. The Hall–Kier alpha value is -2.43. The van der Waals surface area contributed by atoms with E-state index in [9.17, 15) is 9.18 Å². The maximum Gasteiger partial charge on any atom is 0.337 e. The number of rotatable bonds is 4. The van der Waals surface area contributed by atoms with Crippen LogP contribution in [0.15, 0.2) is 42.6 Å². The molecule has 0 saturated carbocycles. The molecule has 1 aromatic carbocycles. The number of carboxylic acid groups (broad SMARTS) is 1. The van der Waals surface area contributed by atoms with Crippen LogP contribution in [0, 0.1) is 5.82 Å². The number of nitrogens with one attached hydrogen (secondary N) is 1. The van der Waals surface area contributed by atoms with E-state index in [4.69, 9.17) is 5.11 Å². The quantitative estimate of drug-likeness (QED) is 0.886. The summed E-state index contributed by atoms with van der Waals surface area (Å²) >= 11 is 0. The van der Waals surface area contributed by atoms with Crippen LogP contribution in [0.1, 0.15) is 28.9 Å². The van der Waals surface area contributed by atoms with Gasteiger partial charge in [0.25, 0.3) is 0 Å². The fraction of sp³-hybridized carbons (Fsp3) is 0.143. The van der Waals surface area contributed by atoms with E-state index in [2.05, 4.69) is 10.3 Å². The number of nitrogens with zero attached hydrogens (tertiary/aromatic N) is 1. The Morgan fingerprint density at radius 1 is 1.37 bits per heavy atom. The van der Waals surface area contributed by atoms with Gasteiger partial charge in [-0.25, -0.2) is 14.2 Å². The summed E-state index contributed by atoms with van der Waals surface area (Å²) in [5.41, 5.74) is 0.924. The second-order valence-electron chi connectivity index (χ2n) is 4.16. The van der Waals surface area contributed by atoms with Gasteiger partial charge in [0.1, 0.15) is 11.6 Å². The van der Waals surface area contributed by atoms with Crippen LogP contribution in [0.4, 0.5) is 10.2 Å². The van der Waals surface area contributed by atoms with Gasteiger partial charge in [0.05, 0.1) is 11.6 Å². The second kappa shape index (κ2) is 5.48. The number of carboxylic acids is 1. The Kier molecular flexibility index (Phi) is 3.75. The van der Waals surface area contributed by atoms with Crippen LogP contribution in [0.2, 0.25) is 0 Å². The van der Waals surface area contributed by atoms with Crippen molar-refractivity contribution in [1.29, 1.82) is 0 Å². The number of benzene rings is 1. The van der Waals surface area contributed by atoms with Crippen LogP contribution in [0.5, 0.6) is 0 Å². The van der Waals surface area contributed by atoms with E-state index in [0.717, 1.165) is 5.56 Å². The molecule has 0 aliphatic carbocycles. The number of aromatic carboxylic acids is 1. The molecule has 2 rings (SSSR count). The predicted molar refractivity (Wildman–Crippen MR) is 69.6 cm³/mol. The second-order valence-corrected chi connectivity index (χ2v) is 4.16. The predicted octanol–water partition coefficient (Wildman–Crippen LogP) is 3.09. The molecule has 4 nitrogen and oxygen atoms in total. The third-order valence-corrected chi connectivity index (χ3v) is 2.72. The van der Waals surface area contributed by atoms with Gasteiger partial charge < -0.3 is 10.4 Å². The summed E-state index contributed by atoms with van der Waals surface area (Å²) in [6, 6.07) is 9.21. The molecule has 0 spiro atoms. The van der Waals surface area contributed by atoms with E-state index in [-0.39, 0.29) is 17.4 Å². The van der Waals surface area contributed by atoms with Gasteiger partial charge in [-0.3, -0.25) is 0 Å². The fourth-order valence-electron chi connectivity index (χ4n) is 1.69. The van der Waals surface area contributed by atoms with Crippen LogP contribution in [-0.2, 0) is 0 Å². The van der Waals surface area contributed by atoms with Gasteiger partial charge in [0, 0.05) is 6.20 Å². The standard InChI is InChI=1S/C14H13FN2O2/c1-9(10-3-2-4-12(15)7-10)17-13-6-5-11(8-16-13)14(18)19/h2-9H,1H3,(H,16,17)(H,18,19). The van der Waals surface area contributed by atoms with Crippen LogP contribution >= 0.6 is 0 Å². The monoisotopic (exact) mass is 260 g/mol. The first-order valence-corrected chi connectivity index (χ1v) is 5.77. The molecule has 1 heterocycles. The maximum absolute atomic E-state index is 13.1. The van der Waals surface area contributed by atoms with Crippen LogP contribution in [0.25, 0.3) is 0 Å². The van der Waals surface area contributed by atoms with Gasteiger partial charge in [-0.2, -0.15) is 0 Å². The number of anilines is 1. The molecule has 0 saturated heterocycles. The number of halogens is 1. The SMILES string of the molecule is CC(Nc1ccc(C(=O)O)cn1)c1cccc(F)c1. The van der Waals surface area contributed by atoms with Crippen molar-refractivity contribution in [3.05, 3.63) is 59.5 Å². The van der Waals surface area contributed by atoms with E-state index in [1.807, 2.05) is 13.0 Å². The maximum atomic E-state index is 13.1. The highest BCUT2D eigenvalue weighted by molar-refractivity contribution is 5.87. The summed E-state index contributed by atoms with van der Waals surface area (Å²) < 4.78 is 13.1. The van der Waals surface area contributed by atoms with E-state index >= 15 is 0 Å². The summed E-state index contributed by atoms with van der Waals surface area (Å²) in [6.07, 6.45) is 1.28. The van der Waals surface area contributed by atoms with Gasteiger partial charge in [0.15, 0.2) is 0 Å². The molecule has 1 unspecified atom stereocenters. The van der Waals surface area contributed by atoms with Crippen molar-refractivity contribution >= 4 is 11.8 Å². The highest BCUT2D eigenvalue weighted by Gasteiger charge is 2.08. The lowest BCUT2D eigenvalue weighted by molar-refractivity contribution is 0.0696. The fourth-order valence-corrected chi connectivity index (χ4v) is 1.69. The number of hydrogen-bond acceptors (Lipinski definition) is 3.